The van der Waals surface area contributed by atoms with Crippen LogP contribution in [0.5, 0.6) is 0 Å². The SMILES string of the molecule is CC1CCCN(CCC2CSCCN2)CC1. The maximum atomic E-state index is 3.64. The molecule has 0 aromatic heterocycles. The first-order chi connectivity index (χ1) is 7.84. The average Bonchev–Trinajstić information content (AvgIpc) is 2.53. The van der Waals surface area contributed by atoms with Crippen molar-refractivity contribution in [3.63, 3.8) is 0 Å². The van der Waals surface area contributed by atoms with Gasteiger partial charge in [0.1, 0.15) is 0 Å². The zero-order chi connectivity index (χ0) is 11.2. The maximum absolute atomic E-state index is 3.64. The summed E-state index contributed by atoms with van der Waals surface area (Å²) in [6, 6.07) is 0.777. The second kappa shape index (κ2) is 6.87. The van der Waals surface area contributed by atoms with Crippen molar-refractivity contribution in [3.05, 3.63) is 0 Å². The van der Waals surface area contributed by atoms with Crippen molar-refractivity contribution in [3.8, 4) is 0 Å². The largest absolute Gasteiger partial charge is 0.312 e. The molecule has 0 aromatic carbocycles. The summed E-state index contributed by atoms with van der Waals surface area (Å²) in [4.78, 5) is 2.68. The molecule has 2 rings (SSSR count). The summed E-state index contributed by atoms with van der Waals surface area (Å²) in [5.74, 6) is 3.58. The highest BCUT2D eigenvalue weighted by atomic mass is 32.2. The molecule has 2 atom stereocenters. The third-order valence-electron chi connectivity index (χ3n) is 3.90. The van der Waals surface area contributed by atoms with Crippen molar-refractivity contribution in [2.45, 2.75) is 38.6 Å². The molecule has 2 fully saturated rings. The minimum Gasteiger partial charge on any atom is -0.312 e. The van der Waals surface area contributed by atoms with E-state index in [9.17, 15) is 0 Å². The van der Waals surface area contributed by atoms with E-state index in [0.717, 1.165) is 12.0 Å². The Balaban J connectivity index is 1.64. The van der Waals surface area contributed by atoms with Crippen LogP contribution in [0.2, 0.25) is 0 Å². The topological polar surface area (TPSA) is 15.3 Å². The lowest BCUT2D eigenvalue weighted by Gasteiger charge is -2.26. The van der Waals surface area contributed by atoms with E-state index in [4.69, 9.17) is 0 Å². The molecule has 94 valence electrons. The normalized spacial score (nSPS) is 33.6. The number of likely N-dealkylation sites (tertiary alicyclic amines) is 1. The van der Waals surface area contributed by atoms with Crippen LogP contribution in [0.25, 0.3) is 0 Å². The molecule has 2 aliphatic rings. The van der Waals surface area contributed by atoms with Gasteiger partial charge in [0.2, 0.25) is 0 Å². The zero-order valence-corrected chi connectivity index (χ0v) is 11.4. The molecule has 1 N–H and O–H groups in total. The van der Waals surface area contributed by atoms with Gasteiger partial charge in [0, 0.05) is 24.1 Å². The van der Waals surface area contributed by atoms with Gasteiger partial charge < -0.3 is 10.2 Å². The van der Waals surface area contributed by atoms with E-state index in [1.54, 1.807) is 0 Å². The summed E-state index contributed by atoms with van der Waals surface area (Å²) in [6.07, 6.45) is 5.61. The molecule has 0 radical (unpaired) electrons. The summed E-state index contributed by atoms with van der Waals surface area (Å²) >= 11 is 2.11. The smallest absolute Gasteiger partial charge is 0.0170 e. The van der Waals surface area contributed by atoms with Crippen LogP contribution in [0.4, 0.5) is 0 Å². The predicted octanol–water partition coefficient (Wildman–Crippen LogP) is 2.20. The molecular formula is C13H26N2S. The van der Waals surface area contributed by atoms with Crippen LogP contribution < -0.4 is 5.32 Å². The van der Waals surface area contributed by atoms with E-state index in [0.29, 0.717) is 0 Å². The second-order valence-corrected chi connectivity index (χ2v) is 6.54. The quantitative estimate of drug-likeness (QED) is 0.817. The van der Waals surface area contributed by atoms with Gasteiger partial charge in [-0.25, -0.2) is 0 Å². The first kappa shape index (κ1) is 12.7. The van der Waals surface area contributed by atoms with Crippen LogP contribution in [0, 0.1) is 5.92 Å². The summed E-state index contributed by atoms with van der Waals surface area (Å²) in [7, 11) is 0. The Hall–Kier alpha value is 0.270. The van der Waals surface area contributed by atoms with Gasteiger partial charge in [-0.15, -0.1) is 0 Å². The Kier molecular flexibility index (Phi) is 5.46. The number of hydrogen-bond donors (Lipinski definition) is 1. The third-order valence-corrected chi connectivity index (χ3v) is 5.03. The minimum atomic E-state index is 0.777. The third kappa shape index (κ3) is 4.27. The van der Waals surface area contributed by atoms with Gasteiger partial charge in [0.05, 0.1) is 0 Å². The average molecular weight is 242 g/mol. The number of nitrogens with one attached hydrogen (secondary N) is 1. The molecule has 0 spiro atoms. The van der Waals surface area contributed by atoms with Gasteiger partial charge in [-0.2, -0.15) is 11.8 Å². The van der Waals surface area contributed by atoms with Crippen molar-refractivity contribution in [1.29, 1.82) is 0 Å². The second-order valence-electron chi connectivity index (χ2n) is 5.39. The Bertz CT molecular complexity index is 192. The van der Waals surface area contributed by atoms with Crippen molar-refractivity contribution in [1.82, 2.24) is 10.2 Å². The molecule has 0 saturated carbocycles. The highest BCUT2D eigenvalue weighted by molar-refractivity contribution is 7.99. The van der Waals surface area contributed by atoms with Gasteiger partial charge >= 0.3 is 0 Å². The van der Waals surface area contributed by atoms with Gasteiger partial charge in [-0.3, -0.25) is 0 Å². The Morgan fingerprint density at radius 3 is 3.06 bits per heavy atom. The van der Waals surface area contributed by atoms with E-state index in [2.05, 4.69) is 28.9 Å². The molecule has 0 bridgehead atoms. The minimum absolute atomic E-state index is 0.777. The van der Waals surface area contributed by atoms with Crippen LogP contribution in [-0.4, -0.2) is 48.6 Å². The number of thioether (sulfide) groups is 1. The van der Waals surface area contributed by atoms with Crippen molar-refractivity contribution < 1.29 is 0 Å². The van der Waals surface area contributed by atoms with Crippen LogP contribution >= 0.6 is 11.8 Å². The van der Waals surface area contributed by atoms with Crippen molar-refractivity contribution in [2.75, 3.05) is 37.7 Å². The van der Waals surface area contributed by atoms with E-state index >= 15 is 0 Å². The van der Waals surface area contributed by atoms with Crippen LogP contribution in [0.3, 0.4) is 0 Å². The fourth-order valence-corrected chi connectivity index (χ4v) is 3.69. The maximum Gasteiger partial charge on any atom is 0.0170 e. The molecule has 2 unspecified atom stereocenters. The first-order valence-electron chi connectivity index (χ1n) is 6.88. The molecule has 0 aromatic rings. The van der Waals surface area contributed by atoms with E-state index in [1.807, 2.05) is 0 Å². The van der Waals surface area contributed by atoms with E-state index in [1.165, 1.54) is 63.4 Å². The molecular weight excluding hydrogens is 216 g/mol. The lowest BCUT2D eigenvalue weighted by Crippen LogP contribution is -2.40. The van der Waals surface area contributed by atoms with Gasteiger partial charge in [0.25, 0.3) is 0 Å². The molecule has 3 heteroatoms. The van der Waals surface area contributed by atoms with Crippen molar-refractivity contribution >= 4 is 11.8 Å². The van der Waals surface area contributed by atoms with Crippen molar-refractivity contribution in [2.24, 2.45) is 5.92 Å². The number of rotatable bonds is 3. The lowest BCUT2D eigenvalue weighted by molar-refractivity contribution is 0.266. The van der Waals surface area contributed by atoms with E-state index in [-0.39, 0.29) is 0 Å². The van der Waals surface area contributed by atoms with Gasteiger partial charge in [-0.05, 0) is 51.2 Å². The molecule has 2 heterocycles. The predicted molar refractivity (Wildman–Crippen MR) is 73.2 cm³/mol. The van der Waals surface area contributed by atoms with Gasteiger partial charge in [-0.1, -0.05) is 6.92 Å². The van der Waals surface area contributed by atoms with Gasteiger partial charge in [0.15, 0.2) is 0 Å². The standard InChI is InChI=1S/C13H26N2S/c1-12-3-2-7-15(8-4-12)9-5-13-11-16-10-6-14-13/h12-14H,2-11H2,1H3. The highest BCUT2D eigenvalue weighted by Crippen LogP contribution is 2.17. The lowest BCUT2D eigenvalue weighted by atomic mass is 10.0. The summed E-state index contributed by atoms with van der Waals surface area (Å²) in [6.45, 7) is 7.60. The molecule has 16 heavy (non-hydrogen) atoms. The van der Waals surface area contributed by atoms with E-state index < -0.39 is 0 Å². The van der Waals surface area contributed by atoms with Crippen LogP contribution in [-0.2, 0) is 0 Å². The van der Waals surface area contributed by atoms with Crippen LogP contribution in [0.1, 0.15) is 32.6 Å². The number of nitrogens with zero attached hydrogens (tertiary/aromatic N) is 1. The Morgan fingerprint density at radius 2 is 2.25 bits per heavy atom. The first-order valence-corrected chi connectivity index (χ1v) is 8.03. The Morgan fingerprint density at radius 1 is 1.31 bits per heavy atom. The zero-order valence-electron chi connectivity index (χ0n) is 10.6. The molecule has 2 nitrogen and oxygen atoms in total. The fourth-order valence-electron chi connectivity index (χ4n) is 2.69. The summed E-state index contributed by atoms with van der Waals surface area (Å²) < 4.78 is 0. The summed E-state index contributed by atoms with van der Waals surface area (Å²) in [5, 5.41) is 3.64. The molecule has 0 amide bonds. The highest BCUT2D eigenvalue weighted by Gasteiger charge is 2.17. The van der Waals surface area contributed by atoms with Crippen LogP contribution in [0.15, 0.2) is 0 Å². The Labute approximate surface area is 105 Å². The molecule has 0 aliphatic carbocycles. The monoisotopic (exact) mass is 242 g/mol. The molecule has 2 saturated heterocycles. The molecule has 2 aliphatic heterocycles. The fraction of sp³-hybridized carbons (Fsp3) is 1.00. The number of hydrogen-bond acceptors (Lipinski definition) is 3. The summed E-state index contributed by atoms with van der Waals surface area (Å²) in [5.41, 5.74) is 0.